The van der Waals surface area contributed by atoms with E-state index >= 15 is 0 Å². The molecule has 0 radical (unpaired) electrons. The van der Waals surface area contributed by atoms with Crippen LogP contribution >= 0.6 is 0 Å². The molecule has 0 aromatic rings. The predicted octanol–water partition coefficient (Wildman–Crippen LogP) is 0.526. The molecule has 2 fully saturated rings. The summed E-state index contributed by atoms with van der Waals surface area (Å²) in [6.07, 6.45) is 5.81. The molecule has 9 nitrogen and oxygen atoms in total. The molecule has 2 aliphatic rings. The second kappa shape index (κ2) is 10.9. The number of aliphatic carboxylic acids is 1. The van der Waals surface area contributed by atoms with Gasteiger partial charge in [0.2, 0.25) is 5.91 Å². The lowest BCUT2D eigenvalue weighted by atomic mass is 9.84. The molecule has 1 saturated heterocycles. The predicted molar refractivity (Wildman–Crippen MR) is 96.2 cm³/mol. The fourth-order valence-electron chi connectivity index (χ4n) is 3.60. The summed E-state index contributed by atoms with van der Waals surface area (Å²) in [5.41, 5.74) is 0. The Morgan fingerprint density at radius 3 is 2.37 bits per heavy atom. The van der Waals surface area contributed by atoms with Gasteiger partial charge in [0.1, 0.15) is 12.3 Å². The van der Waals surface area contributed by atoms with Gasteiger partial charge in [-0.25, -0.2) is 4.79 Å². The highest BCUT2D eigenvalue weighted by molar-refractivity contribution is 5.89. The molecule has 3 N–H and O–H groups in total. The van der Waals surface area contributed by atoms with Crippen LogP contribution in [0.1, 0.15) is 44.9 Å². The number of nitrogens with one attached hydrogen (secondary N) is 2. The topological polar surface area (TPSA) is 125 Å². The van der Waals surface area contributed by atoms with Gasteiger partial charge in [-0.3, -0.25) is 9.59 Å². The first-order valence-corrected chi connectivity index (χ1v) is 9.60. The van der Waals surface area contributed by atoms with Gasteiger partial charge < -0.3 is 30.2 Å². The molecule has 0 aromatic heterocycles. The van der Waals surface area contributed by atoms with Crippen LogP contribution in [0.25, 0.3) is 0 Å². The molecule has 0 aromatic carbocycles. The number of morpholine rings is 1. The van der Waals surface area contributed by atoms with Crippen LogP contribution in [0.2, 0.25) is 0 Å². The van der Waals surface area contributed by atoms with E-state index in [1.807, 2.05) is 0 Å². The van der Waals surface area contributed by atoms with Crippen LogP contribution in [-0.4, -0.2) is 72.6 Å². The van der Waals surface area contributed by atoms with E-state index in [1.54, 1.807) is 4.90 Å². The van der Waals surface area contributed by atoms with E-state index in [9.17, 15) is 19.2 Å². The summed E-state index contributed by atoms with van der Waals surface area (Å²) in [6, 6.07) is -2.24. The fraction of sp³-hybridized carbons (Fsp3) is 0.778. The maximum atomic E-state index is 12.7. The molecule has 2 rings (SSSR count). The van der Waals surface area contributed by atoms with Crippen molar-refractivity contribution in [1.82, 2.24) is 15.5 Å². The van der Waals surface area contributed by atoms with Crippen molar-refractivity contribution in [3.63, 3.8) is 0 Å². The number of carbonyl (C=O) groups excluding carboxylic acids is 3. The minimum absolute atomic E-state index is 0.327. The molecule has 1 aliphatic carbocycles. The van der Waals surface area contributed by atoms with E-state index in [2.05, 4.69) is 10.6 Å². The molecule has 1 aliphatic heterocycles. The van der Waals surface area contributed by atoms with Crippen LogP contribution in [0, 0.1) is 5.92 Å². The largest absolute Gasteiger partial charge is 0.481 e. The fourth-order valence-corrected chi connectivity index (χ4v) is 3.60. The van der Waals surface area contributed by atoms with Crippen LogP contribution in [0.4, 0.5) is 4.79 Å². The molecule has 2 atom stereocenters. The van der Waals surface area contributed by atoms with Crippen molar-refractivity contribution in [2.45, 2.75) is 57.0 Å². The third-order valence-corrected chi connectivity index (χ3v) is 5.09. The molecule has 9 heteroatoms. The molecule has 27 heavy (non-hydrogen) atoms. The number of amides is 3. The highest BCUT2D eigenvalue weighted by Gasteiger charge is 2.29. The first kappa shape index (κ1) is 21.1. The van der Waals surface area contributed by atoms with Crippen molar-refractivity contribution in [2.24, 2.45) is 5.92 Å². The van der Waals surface area contributed by atoms with Crippen molar-refractivity contribution in [3.05, 3.63) is 0 Å². The molecular formula is C18H29N3O6. The number of rotatable bonds is 8. The van der Waals surface area contributed by atoms with Crippen molar-refractivity contribution < 1.29 is 29.0 Å². The van der Waals surface area contributed by atoms with E-state index in [-0.39, 0.29) is 6.03 Å². The lowest BCUT2D eigenvalue weighted by molar-refractivity contribution is -0.139. The van der Waals surface area contributed by atoms with Crippen LogP contribution in [0.15, 0.2) is 0 Å². The quantitative estimate of drug-likeness (QED) is 0.525. The summed E-state index contributed by atoms with van der Waals surface area (Å²) in [6.45, 7) is 1.83. The molecule has 0 bridgehead atoms. The molecular weight excluding hydrogens is 354 g/mol. The Bertz CT molecular complexity index is 529. The van der Waals surface area contributed by atoms with Gasteiger partial charge in [-0.05, 0) is 12.3 Å². The number of aldehydes is 1. The number of nitrogens with zero attached hydrogens (tertiary/aromatic N) is 1. The third-order valence-electron chi connectivity index (χ3n) is 5.09. The summed E-state index contributed by atoms with van der Waals surface area (Å²) < 4.78 is 5.23. The van der Waals surface area contributed by atoms with E-state index in [0.717, 1.165) is 25.7 Å². The number of ether oxygens (including phenoxy) is 1. The molecule has 1 saturated carbocycles. The van der Waals surface area contributed by atoms with Gasteiger partial charge in [0.15, 0.2) is 0 Å². The van der Waals surface area contributed by atoms with Gasteiger partial charge in [0.05, 0.1) is 25.7 Å². The Kier molecular flexibility index (Phi) is 8.50. The van der Waals surface area contributed by atoms with Crippen molar-refractivity contribution >= 4 is 24.2 Å². The first-order chi connectivity index (χ1) is 13.0. The zero-order chi connectivity index (χ0) is 19.6. The number of carboxylic acid groups (broad SMARTS) is 1. The second-order valence-corrected chi connectivity index (χ2v) is 7.19. The second-order valence-electron chi connectivity index (χ2n) is 7.19. The Morgan fingerprint density at radius 2 is 1.78 bits per heavy atom. The van der Waals surface area contributed by atoms with Crippen LogP contribution in [0.5, 0.6) is 0 Å². The number of urea groups is 1. The van der Waals surface area contributed by atoms with E-state index in [4.69, 9.17) is 9.84 Å². The molecule has 0 unspecified atom stereocenters. The SMILES string of the molecule is O=C[C@H](CC(=O)O)NC(=O)[C@H](CC1CCCCC1)NC(=O)N1CCOCC1. The number of hydrogen-bond donors (Lipinski definition) is 3. The van der Waals surface area contributed by atoms with Gasteiger partial charge in [0, 0.05) is 13.1 Å². The number of hydrogen-bond acceptors (Lipinski definition) is 5. The highest BCUT2D eigenvalue weighted by Crippen LogP contribution is 2.27. The van der Waals surface area contributed by atoms with Crippen molar-refractivity contribution in [3.8, 4) is 0 Å². The Balaban J connectivity index is 2.00. The maximum Gasteiger partial charge on any atom is 0.318 e. The van der Waals surface area contributed by atoms with E-state index in [0.29, 0.717) is 44.9 Å². The van der Waals surface area contributed by atoms with Gasteiger partial charge in [-0.15, -0.1) is 0 Å². The summed E-state index contributed by atoms with van der Waals surface area (Å²) >= 11 is 0. The number of carboxylic acids is 1. The summed E-state index contributed by atoms with van der Waals surface area (Å²) in [5.74, 6) is -1.36. The summed E-state index contributed by atoms with van der Waals surface area (Å²) in [7, 11) is 0. The normalized spacial score (nSPS) is 20.4. The Morgan fingerprint density at radius 1 is 1.11 bits per heavy atom. The zero-order valence-electron chi connectivity index (χ0n) is 15.5. The minimum Gasteiger partial charge on any atom is -0.481 e. The Hall–Kier alpha value is -2.16. The molecule has 152 valence electrons. The van der Waals surface area contributed by atoms with Crippen LogP contribution in [-0.2, 0) is 19.1 Å². The summed E-state index contributed by atoms with van der Waals surface area (Å²) in [4.78, 5) is 48.7. The van der Waals surface area contributed by atoms with Crippen molar-refractivity contribution in [2.75, 3.05) is 26.3 Å². The van der Waals surface area contributed by atoms with Gasteiger partial charge >= 0.3 is 12.0 Å². The smallest absolute Gasteiger partial charge is 0.318 e. The first-order valence-electron chi connectivity index (χ1n) is 9.60. The highest BCUT2D eigenvalue weighted by atomic mass is 16.5. The lowest BCUT2D eigenvalue weighted by Gasteiger charge is -2.31. The van der Waals surface area contributed by atoms with Gasteiger partial charge in [0.25, 0.3) is 0 Å². The summed E-state index contributed by atoms with van der Waals surface area (Å²) in [5, 5.41) is 14.1. The van der Waals surface area contributed by atoms with Gasteiger partial charge in [-0.2, -0.15) is 0 Å². The van der Waals surface area contributed by atoms with Crippen LogP contribution in [0.3, 0.4) is 0 Å². The Labute approximate surface area is 158 Å². The molecule has 1 heterocycles. The maximum absolute atomic E-state index is 12.7. The monoisotopic (exact) mass is 383 g/mol. The van der Waals surface area contributed by atoms with Crippen molar-refractivity contribution in [1.29, 1.82) is 0 Å². The minimum atomic E-state index is -1.17. The number of carbonyl (C=O) groups is 4. The standard InChI is InChI=1S/C18H29N3O6/c22-12-14(11-16(23)24)19-17(25)15(10-13-4-2-1-3-5-13)20-18(26)21-6-8-27-9-7-21/h12-15H,1-11H2,(H,19,25)(H,20,26)(H,23,24)/t14-,15-/m0/s1. The average Bonchev–Trinajstić information content (AvgIpc) is 2.68. The van der Waals surface area contributed by atoms with E-state index < -0.39 is 30.4 Å². The average molecular weight is 383 g/mol. The molecule has 0 spiro atoms. The zero-order valence-corrected chi connectivity index (χ0v) is 15.5. The molecule has 3 amide bonds. The lowest BCUT2D eigenvalue weighted by Crippen LogP contribution is -2.55. The van der Waals surface area contributed by atoms with E-state index in [1.165, 1.54) is 6.42 Å². The van der Waals surface area contributed by atoms with Gasteiger partial charge in [-0.1, -0.05) is 32.1 Å². The third kappa shape index (κ3) is 7.16. The van der Waals surface area contributed by atoms with Crippen LogP contribution < -0.4 is 10.6 Å².